The Hall–Kier alpha value is -2.30. The van der Waals surface area contributed by atoms with Crippen LogP contribution in [0.1, 0.15) is 21.6 Å². The molecule has 0 aliphatic carbocycles. The number of ether oxygens (including phenoxy) is 1. The molecule has 0 bridgehead atoms. The molecule has 0 atom stereocenters. The molecule has 0 spiro atoms. The van der Waals surface area contributed by atoms with Gasteiger partial charge >= 0.3 is 0 Å². The highest BCUT2D eigenvalue weighted by Crippen LogP contribution is 2.19. The summed E-state index contributed by atoms with van der Waals surface area (Å²) < 4.78 is 5.12. The van der Waals surface area contributed by atoms with Crippen LogP contribution in [-0.2, 0) is 13.0 Å². The summed E-state index contributed by atoms with van der Waals surface area (Å²) in [6.07, 6.45) is 2.44. The lowest BCUT2D eigenvalue weighted by Crippen LogP contribution is -2.36. The topological polar surface area (TPSA) is 58.2 Å². The van der Waals surface area contributed by atoms with E-state index in [0.717, 1.165) is 30.0 Å². The van der Waals surface area contributed by atoms with E-state index in [1.54, 1.807) is 13.3 Å². The van der Waals surface area contributed by atoms with Gasteiger partial charge in [0.05, 0.1) is 18.9 Å². The zero-order valence-corrected chi connectivity index (χ0v) is 10.7. The van der Waals surface area contributed by atoms with Crippen molar-refractivity contribution in [1.82, 2.24) is 15.1 Å². The van der Waals surface area contributed by atoms with Gasteiger partial charge in [-0.25, -0.2) is 0 Å². The second-order valence-corrected chi connectivity index (χ2v) is 4.59. The molecular weight excluding hydrogens is 242 g/mol. The van der Waals surface area contributed by atoms with E-state index in [9.17, 15) is 4.79 Å². The third kappa shape index (κ3) is 2.19. The first-order valence-electron chi connectivity index (χ1n) is 6.22. The van der Waals surface area contributed by atoms with E-state index >= 15 is 0 Å². The van der Waals surface area contributed by atoms with Crippen LogP contribution in [0.15, 0.2) is 30.5 Å². The third-order valence-electron chi connectivity index (χ3n) is 3.40. The lowest BCUT2D eigenvalue weighted by Gasteiger charge is -2.26. The van der Waals surface area contributed by atoms with E-state index in [-0.39, 0.29) is 5.91 Å². The number of carbonyl (C=O) groups excluding carboxylic acids is 1. The molecule has 2 heterocycles. The van der Waals surface area contributed by atoms with Gasteiger partial charge in [0.25, 0.3) is 5.91 Å². The van der Waals surface area contributed by atoms with Crippen LogP contribution in [0.5, 0.6) is 5.75 Å². The minimum atomic E-state index is 0.0471. The molecule has 1 N–H and O–H groups in total. The van der Waals surface area contributed by atoms with Crippen LogP contribution in [0.4, 0.5) is 0 Å². The summed E-state index contributed by atoms with van der Waals surface area (Å²) in [6, 6.07) is 7.79. The fourth-order valence-electron chi connectivity index (χ4n) is 2.31. The molecule has 0 unspecified atom stereocenters. The van der Waals surface area contributed by atoms with Crippen molar-refractivity contribution in [2.45, 2.75) is 13.0 Å². The number of methoxy groups -OCH3 is 1. The summed E-state index contributed by atoms with van der Waals surface area (Å²) in [5, 5.41) is 6.80. The number of rotatable bonds is 3. The van der Waals surface area contributed by atoms with Crippen molar-refractivity contribution in [3.8, 4) is 5.75 Å². The van der Waals surface area contributed by atoms with Gasteiger partial charge in [0.1, 0.15) is 5.75 Å². The highest BCUT2D eigenvalue weighted by atomic mass is 16.5. The normalized spacial score (nSPS) is 14.4. The first-order chi connectivity index (χ1) is 9.28. The first-order valence-corrected chi connectivity index (χ1v) is 6.22. The fourth-order valence-corrected chi connectivity index (χ4v) is 2.31. The molecule has 5 heteroatoms. The van der Waals surface area contributed by atoms with Gasteiger partial charge in [0, 0.05) is 25.2 Å². The van der Waals surface area contributed by atoms with E-state index in [1.165, 1.54) is 0 Å². The van der Waals surface area contributed by atoms with Crippen LogP contribution in [-0.4, -0.2) is 34.7 Å². The molecule has 0 radical (unpaired) electrons. The minimum absolute atomic E-state index is 0.0471. The predicted octanol–water partition coefficient (Wildman–Crippen LogP) is 1.62. The molecule has 0 saturated carbocycles. The van der Waals surface area contributed by atoms with Crippen LogP contribution in [0.3, 0.4) is 0 Å². The van der Waals surface area contributed by atoms with Crippen molar-refractivity contribution < 1.29 is 9.53 Å². The molecule has 1 amide bonds. The second kappa shape index (κ2) is 4.76. The molecule has 1 aliphatic rings. The van der Waals surface area contributed by atoms with Crippen LogP contribution in [0.25, 0.3) is 0 Å². The number of hydrogen-bond acceptors (Lipinski definition) is 3. The SMILES string of the molecule is COc1ccc(CN2CCc3[nH]ncc3C2=O)cc1. The smallest absolute Gasteiger partial charge is 0.257 e. The summed E-state index contributed by atoms with van der Waals surface area (Å²) in [7, 11) is 1.64. The average Bonchev–Trinajstić information content (AvgIpc) is 2.92. The number of benzene rings is 1. The Morgan fingerprint density at radius 2 is 2.16 bits per heavy atom. The van der Waals surface area contributed by atoms with E-state index < -0.39 is 0 Å². The Balaban J connectivity index is 1.75. The zero-order valence-electron chi connectivity index (χ0n) is 10.7. The Kier molecular flexibility index (Phi) is 2.95. The third-order valence-corrected chi connectivity index (χ3v) is 3.40. The van der Waals surface area contributed by atoms with Crippen LogP contribution < -0.4 is 4.74 Å². The highest BCUT2D eigenvalue weighted by Gasteiger charge is 2.25. The summed E-state index contributed by atoms with van der Waals surface area (Å²) in [5.41, 5.74) is 2.73. The number of fused-ring (bicyclic) bond motifs is 1. The van der Waals surface area contributed by atoms with Crippen LogP contribution in [0, 0.1) is 0 Å². The summed E-state index contributed by atoms with van der Waals surface area (Å²) >= 11 is 0. The Morgan fingerprint density at radius 1 is 1.37 bits per heavy atom. The molecule has 2 aromatic rings. The largest absolute Gasteiger partial charge is 0.497 e. The van der Waals surface area contributed by atoms with Crippen LogP contribution in [0.2, 0.25) is 0 Å². The number of nitrogens with zero attached hydrogens (tertiary/aromatic N) is 2. The van der Waals surface area contributed by atoms with Crippen molar-refractivity contribution in [3.63, 3.8) is 0 Å². The second-order valence-electron chi connectivity index (χ2n) is 4.59. The molecule has 1 aromatic carbocycles. The van der Waals surface area contributed by atoms with E-state index in [0.29, 0.717) is 12.1 Å². The van der Waals surface area contributed by atoms with E-state index in [1.807, 2.05) is 29.2 Å². The number of nitrogens with one attached hydrogen (secondary N) is 1. The van der Waals surface area contributed by atoms with Gasteiger partial charge in [-0.1, -0.05) is 12.1 Å². The number of carbonyl (C=O) groups is 1. The maximum Gasteiger partial charge on any atom is 0.257 e. The van der Waals surface area contributed by atoms with Gasteiger partial charge in [-0.2, -0.15) is 5.10 Å². The molecule has 1 aliphatic heterocycles. The van der Waals surface area contributed by atoms with Crippen molar-refractivity contribution >= 4 is 5.91 Å². The quantitative estimate of drug-likeness (QED) is 0.909. The fraction of sp³-hybridized carbons (Fsp3) is 0.286. The average molecular weight is 257 g/mol. The zero-order chi connectivity index (χ0) is 13.2. The van der Waals surface area contributed by atoms with Crippen molar-refractivity contribution in [3.05, 3.63) is 47.3 Å². The molecule has 5 nitrogen and oxygen atoms in total. The van der Waals surface area contributed by atoms with Gasteiger partial charge in [0.15, 0.2) is 0 Å². The first kappa shape index (κ1) is 11.8. The summed E-state index contributed by atoms with van der Waals surface area (Å²) in [6.45, 7) is 1.34. The van der Waals surface area contributed by atoms with Crippen molar-refractivity contribution in [2.24, 2.45) is 0 Å². The number of amides is 1. The molecule has 3 rings (SSSR count). The Labute approximate surface area is 111 Å². The molecular formula is C14H15N3O2. The molecule has 0 fully saturated rings. The lowest BCUT2D eigenvalue weighted by molar-refractivity contribution is 0.0726. The van der Waals surface area contributed by atoms with Gasteiger partial charge in [-0.3, -0.25) is 9.89 Å². The minimum Gasteiger partial charge on any atom is -0.497 e. The predicted molar refractivity (Wildman–Crippen MR) is 70.0 cm³/mol. The monoisotopic (exact) mass is 257 g/mol. The summed E-state index contributed by atoms with van der Waals surface area (Å²) in [4.78, 5) is 14.1. The standard InChI is InChI=1S/C14H15N3O2/c1-19-11-4-2-10(3-5-11)9-17-7-6-13-12(14(17)18)8-15-16-13/h2-5,8H,6-7,9H2,1H3,(H,15,16). The van der Waals surface area contributed by atoms with Gasteiger partial charge in [-0.15, -0.1) is 0 Å². The maximum atomic E-state index is 12.2. The molecule has 1 aromatic heterocycles. The number of H-pyrrole nitrogens is 1. The van der Waals surface area contributed by atoms with Crippen LogP contribution >= 0.6 is 0 Å². The number of aromatic amines is 1. The summed E-state index contributed by atoms with van der Waals surface area (Å²) in [5.74, 6) is 0.872. The Bertz CT molecular complexity index is 589. The van der Waals surface area contributed by atoms with E-state index in [2.05, 4.69) is 10.2 Å². The van der Waals surface area contributed by atoms with Crippen molar-refractivity contribution in [1.29, 1.82) is 0 Å². The van der Waals surface area contributed by atoms with Gasteiger partial charge in [-0.05, 0) is 17.7 Å². The lowest BCUT2D eigenvalue weighted by atomic mass is 10.1. The van der Waals surface area contributed by atoms with E-state index in [4.69, 9.17) is 4.74 Å². The number of hydrogen-bond donors (Lipinski definition) is 1. The molecule has 19 heavy (non-hydrogen) atoms. The highest BCUT2D eigenvalue weighted by molar-refractivity contribution is 5.96. The number of aromatic nitrogens is 2. The molecule has 98 valence electrons. The van der Waals surface area contributed by atoms with Gasteiger partial charge in [0.2, 0.25) is 0 Å². The molecule has 0 saturated heterocycles. The Morgan fingerprint density at radius 3 is 2.89 bits per heavy atom. The maximum absolute atomic E-state index is 12.2. The van der Waals surface area contributed by atoms with Gasteiger partial charge < -0.3 is 9.64 Å². The van der Waals surface area contributed by atoms with Crippen molar-refractivity contribution in [2.75, 3.05) is 13.7 Å².